The van der Waals surface area contributed by atoms with Crippen molar-refractivity contribution in [2.24, 2.45) is 5.92 Å². The molecule has 2 rings (SSSR count). The molecule has 0 aliphatic heterocycles. The van der Waals surface area contributed by atoms with Gasteiger partial charge in [-0.15, -0.1) is 0 Å². The van der Waals surface area contributed by atoms with Gasteiger partial charge in [-0.3, -0.25) is 10.1 Å². The molecule has 7 heteroatoms. The predicted octanol–water partition coefficient (Wildman–Crippen LogP) is 2.44. The van der Waals surface area contributed by atoms with E-state index in [0.717, 1.165) is 6.54 Å². The van der Waals surface area contributed by atoms with Crippen LogP contribution < -0.4 is 10.2 Å². The molecule has 0 bridgehead atoms. The van der Waals surface area contributed by atoms with Crippen molar-refractivity contribution in [3.63, 3.8) is 0 Å². The van der Waals surface area contributed by atoms with Gasteiger partial charge in [0.2, 0.25) is 11.6 Å². The van der Waals surface area contributed by atoms with Gasteiger partial charge in [0.05, 0.1) is 4.92 Å². The minimum absolute atomic E-state index is 0.0325. The first-order valence-corrected chi connectivity index (χ1v) is 7.07. The van der Waals surface area contributed by atoms with E-state index in [4.69, 9.17) is 0 Å². The van der Waals surface area contributed by atoms with E-state index in [1.807, 2.05) is 18.9 Å². The van der Waals surface area contributed by atoms with Crippen molar-refractivity contribution in [1.29, 1.82) is 0 Å². The number of nitrogens with one attached hydrogen (secondary N) is 1. The highest BCUT2D eigenvalue weighted by atomic mass is 16.6. The Morgan fingerprint density at radius 3 is 2.75 bits per heavy atom. The molecule has 0 amide bonds. The lowest BCUT2D eigenvalue weighted by Gasteiger charge is -2.22. The van der Waals surface area contributed by atoms with Gasteiger partial charge in [0.15, 0.2) is 0 Å². The molecule has 0 spiro atoms. The van der Waals surface area contributed by atoms with Gasteiger partial charge in [0.25, 0.3) is 0 Å². The molecule has 1 N–H and O–H groups in total. The molecule has 20 heavy (non-hydrogen) atoms. The van der Waals surface area contributed by atoms with Gasteiger partial charge in [0, 0.05) is 20.1 Å². The van der Waals surface area contributed by atoms with Crippen LogP contribution in [0.25, 0.3) is 0 Å². The van der Waals surface area contributed by atoms with E-state index >= 15 is 0 Å². The molecule has 1 heterocycles. The molecule has 0 aromatic carbocycles. The van der Waals surface area contributed by atoms with Crippen molar-refractivity contribution in [2.75, 3.05) is 30.4 Å². The van der Waals surface area contributed by atoms with Crippen molar-refractivity contribution in [2.45, 2.75) is 32.6 Å². The van der Waals surface area contributed by atoms with Gasteiger partial charge in [0.1, 0.15) is 6.33 Å². The van der Waals surface area contributed by atoms with E-state index in [-0.39, 0.29) is 5.69 Å². The second-order valence-electron chi connectivity index (χ2n) is 5.21. The van der Waals surface area contributed by atoms with Gasteiger partial charge < -0.3 is 10.2 Å². The Labute approximate surface area is 118 Å². The first-order valence-electron chi connectivity index (χ1n) is 7.07. The molecule has 1 aliphatic carbocycles. The minimum Gasteiger partial charge on any atom is -0.364 e. The number of anilines is 2. The van der Waals surface area contributed by atoms with Crippen LogP contribution in [0.15, 0.2) is 6.33 Å². The van der Waals surface area contributed by atoms with Crippen LogP contribution in [0.4, 0.5) is 17.3 Å². The molecule has 1 saturated carbocycles. The molecule has 0 radical (unpaired) electrons. The van der Waals surface area contributed by atoms with Crippen LogP contribution in [-0.2, 0) is 0 Å². The fraction of sp³-hybridized carbons (Fsp3) is 0.692. The summed E-state index contributed by atoms with van der Waals surface area (Å²) in [6, 6.07) is 0. The average Bonchev–Trinajstić information content (AvgIpc) is 2.91. The second kappa shape index (κ2) is 6.49. The summed E-state index contributed by atoms with van der Waals surface area (Å²) < 4.78 is 0. The molecular formula is C13H21N5O2. The van der Waals surface area contributed by atoms with Gasteiger partial charge in [-0.1, -0.05) is 12.8 Å². The zero-order valence-corrected chi connectivity index (χ0v) is 12.0. The summed E-state index contributed by atoms with van der Waals surface area (Å²) >= 11 is 0. The molecule has 0 saturated heterocycles. The molecule has 110 valence electrons. The summed E-state index contributed by atoms with van der Waals surface area (Å²) in [6.45, 7) is 3.28. The molecule has 7 nitrogen and oxygen atoms in total. The summed E-state index contributed by atoms with van der Waals surface area (Å²) in [4.78, 5) is 20.9. The highest BCUT2D eigenvalue weighted by Gasteiger charge is 2.27. The lowest BCUT2D eigenvalue weighted by molar-refractivity contribution is -0.383. The fourth-order valence-corrected chi connectivity index (χ4v) is 2.78. The Kier molecular flexibility index (Phi) is 4.70. The summed E-state index contributed by atoms with van der Waals surface area (Å²) in [5.41, 5.74) is -0.0325. The third-order valence-electron chi connectivity index (χ3n) is 3.70. The Hall–Kier alpha value is -1.92. The molecule has 1 aromatic heterocycles. The van der Waals surface area contributed by atoms with E-state index in [2.05, 4.69) is 15.3 Å². The summed E-state index contributed by atoms with van der Waals surface area (Å²) in [7, 11) is 1.86. The van der Waals surface area contributed by atoms with Crippen LogP contribution in [0.3, 0.4) is 0 Å². The smallest absolute Gasteiger partial charge is 0.353 e. The number of nitrogens with zero attached hydrogens (tertiary/aromatic N) is 4. The van der Waals surface area contributed by atoms with Crippen molar-refractivity contribution < 1.29 is 4.92 Å². The number of nitro groups is 1. The van der Waals surface area contributed by atoms with Crippen molar-refractivity contribution in [3.8, 4) is 0 Å². The predicted molar refractivity (Wildman–Crippen MR) is 78.1 cm³/mol. The second-order valence-corrected chi connectivity index (χ2v) is 5.21. The Morgan fingerprint density at radius 1 is 1.45 bits per heavy atom. The highest BCUT2D eigenvalue weighted by molar-refractivity contribution is 5.70. The van der Waals surface area contributed by atoms with E-state index in [1.54, 1.807) is 0 Å². The summed E-state index contributed by atoms with van der Waals surface area (Å²) in [5.74, 6) is 1.30. The normalized spacial score (nSPS) is 15.3. The standard InChI is InChI=1S/C13H21N5O2/c1-3-14-12-11(18(19)20)13(16-9-15-12)17(2)8-10-6-4-5-7-10/h9-10H,3-8H2,1-2H3,(H,14,15,16). The number of rotatable bonds is 6. The molecular weight excluding hydrogens is 258 g/mol. The molecule has 1 fully saturated rings. The largest absolute Gasteiger partial charge is 0.364 e. The van der Waals surface area contributed by atoms with Crippen LogP contribution in [0, 0.1) is 16.0 Å². The number of hydrogen-bond donors (Lipinski definition) is 1. The molecule has 0 atom stereocenters. The van der Waals surface area contributed by atoms with Gasteiger partial charge in [-0.05, 0) is 25.7 Å². The van der Waals surface area contributed by atoms with Gasteiger partial charge >= 0.3 is 5.69 Å². The average molecular weight is 279 g/mol. The molecule has 1 aliphatic rings. The first-order chi connectivity index (χ1) is 9.63. The maximum absolute atomic E-state index is 11.3. The van der Waals surface area contributed by atoms with Crippen LogP contribution in [0.2, 0.25) is 0 Å². The van der Waals surface area contributed by atoms with E-state index in [9.17, 15) is 10.1 Å². The van der Waals surface area contributed by atoms with Crippen molar-refractivity contribution >= 4 is 17.3 Å². The Morgan fingerprint density at radius 2 is 2.15 bits per heavy atom. The third-order valence-corrected chi connectivity index (χ3v) is 3.70. The number of aromatic nitrogens is 2. The lowest BCUT2D eigenvalue weighted by Crippen LogP contribution is -2.26. The zero-order chi connectivity index (χ0) is 14.5. The highest BCUT2D eigenvalue weighted by Crippen LogP contribution is 2.33. The minimum atomic E-state index is -0.404. The maximum atomic E-state index is 11.3. The van der Waals surface area contributed by atoms with Gasteiger partial charge in [-0.25, -0.2) is 9.97 Å². The monoisotopic (exact) mass is 279 g/mol. The SMILES string of the molecule is CCNc1ncnc(N(C)CC2CCCC2)c1[N+](=O)[O-]. The summed E-state index contributed by atoms with van der Waals surface area (Å²) in [6.07, 6.45) is 6.29. The topological polar surface area (TPSA) is 84.2 Å². The van der Waals surface area contributed by atoms with E-state index in [0.29, 0.717) is 24.1 Å². The molecule has 0 unspecified atom stereocenters. The first kappa shape index (κ1) is 14.5. The third kappa shape index (κ3) is 3.15. The zero-order valence-electron chi connectivity index (χ0n) is 12.0. The van der Waals surface area contributed by atoms with E-state index in [1.165, 1.54) is 32.0 Å². The van der Waals surface area contributed by atoms with Crippen LogP contribution in [0.1, 0.15) is 32.6 Å². The van der Waals surface area contributed by atoms with Crippen LogP contribution in [-0.4, -0.2) is 35.0 Å². The van der Waals surface area contributed by atoms with Crippen molar-refractivity contribution in [3.05, 3.63) is 16.4 Å². The quantitative estimate of drug-likeness (QED) is 0.636. The Bertz CT molecular complexity index is 474. The summed E-state index contributed by atoms with van der Waals surface area (Å²) in [5, 5.41) is 14.2. The van der Waals surface area contributed by atoms with Crippen molar-refractivity contribution in [1.82, 2.24) is 9.97 Å². The Balaban J connectivity index is 2.24. The van der Waals surface area contributed by atoms with Crippen LogP contribution in [0.5, 0.6) is 0 Å². The lowest BCUT2D eigenvalue weighted by atomic mass is 10.1. The number of hydrogen-bond acceptors (Lipinski definition) is 6. The van der Waals surface area contributed by atoms with Crippen LogP contribution >= 0.6 is 0 Å². The molecule has 1 aromatic rings. The van der Waals surface area contributed by atoms with E-state index < -0.39 is 4.92 Å². The fourth-order valence-electron chi connectivity index (χ4n) is 2.78. The maximum Gasteiger partial charge on any atom is 0.353 e. The van der Waals surface area contributed by atoms with Gasteiger partial charge in [-0.2, -0.15) is 0 Å².